The summed E-state index contributed by atoms with van der Waals surface area (Å²) in [5, 5.41) is 0. The highest BCUT2D eigenvalue weighted by Crippen LogP contribution is 2.56. The minimum atomic E-state index is -0.593. The molecule has 0 fully saturated rings. The molecule has 0 aromatic heterocycles. The van der Waals surface area contributed by atoms with Crippen LogP contribution in [0.4, 0.5) is 0 Å². The Balaban J connectivity index is 4.69. The lowest BCUT2D eigenvalue weighted by molar-refractivity contribution is 0.805. The van der Waals surface area contributed by atoms with Gasteiger partial charge < -0.3 is 0 Å². The molecule has 0 rings (SSSR count). The largest absolute Gasteiger partial charge is 0.228 e. The van der Waals surface area contributed by atoms with E-state index in [0.29, 0.717) is 0 Å². The maximum Gasteiger partial charge on any atom is 0.0352 e. The summed E-state index contributed by atoms with van der Waals surface area (Å²) in [6.07, 6.45) is 16.6. The van der Waals surface area contributed by atoms with Gasteiger partial charge in [-0.15, -0.1) is 0 Å². The van der Waals surface area contributed by atoms with E-state index in [1.54, 1.807) is 0 Å². The van der Waals surface area contributed by atoms with Gasteiger partial charge in [-0.2, -0.15) is 20.4 Å². The van der Waals surface area contributed by atoms with Crippen LogP contribution in [0.5, 0.6) is 0 Å². The van der Waals surface area contributed by atoms with Crippen molar-refractivity contribution in [1.29, 1.82) is 0 Å². The summed E-state index contributed by atoms with van der Waals surface area (Å²) >= 11 is 0. The van der Waals surface area contributed by atoms with Gasteiger partial charge in [0, 0.05) is 6.54 Å². The number of nitrogens with zero attached hydrogens (tertiary/aromatic N) is 1. The molecule has 88 valence electrons. The van der Waals surface area contributed by atoms with Gasteiger partial charge in [0.2, 0.25) is 0 Å². The third-order valence-electron chi connectivity index (χ3n) is 1.87. The van der Waals surface area contributed by atoms with Crippen molar-refractivity contribution in [2.24, 2.45) is 0 Å². The molecule has 0 saturated heterocycles. The second kappa shape index (κ2) is 4.95. The Morgan fingerprint density at radius 2 is 1.29 bits per heavy atom. The van der Waals surface area contributed by atoms with Crippen LogP contribution < -0.4 is 0 Å². The Morgan fingerprint density at radius 3 is 1.50 bits per heavy atom. The molecule has 0 N–H and O–H groups in total. The number of rotatable bonds is 4. The minimum Gasteiger partial charge on any atom is -0.228 e. The molecule has 0 atom stereocenters. The van der Waals surface area contributed by atoms with Crippen LogP contribution in [0.25, 0.3) is 0 Å². The molecule has 14 heavy (non-hydrogen) atoms. The summed E-state index contributed by atoms with van der Waals surface area (Å²) in [6, 6.07) is 0. The molecule has 0 heterocycles. The fraction of sp³-hybridized carbons (Fsp3) is 0.818. The van der Waals surface area contributed by atoms with Crippen LogP contribution in [0.1, 0.15) is 13.8 Å². The summed E-state index contributed by atoms with van der Waals surface area (Å²) in [4.78, 5) is 0. The van der Waals surface area contributed by atoms with E-state index in [4.69, 9.17) is 0 Å². The van der Waals surface area contributed by atoms with E-state index in [0.717, 1.165) is 6.54 Å². The summed E-state index contributed by atoms with van der Waals surface area (Å²) in [5.41, 5.74) is 1.42. The maximum atomic E-state index is 2.69. The lowest BCUT2D eigenvalue weighted by Gasteiger charge is -2.51. The minimum absolute atomic E-state index is 0.592. The monoisotopic (exact) mass is 237 g/mol. The van der Waals surface area contributed by atoms with E-state index in [1.807, 2.05) is 0 Å². The molecule has 0 spiro atoms. The van der Waals surface area contributed by atoms with Crippen LogP contribution in [0, 0.1) is 0 Å². The van der Waals surface area contributed by atoms with Gasteiger partial charge in [-0.25, -0.2) is 3.71 Å². The van der Waals surface area contributed by atoms with Crippen molar-refractivity contribution in [3.63, 3.8) is 0 Å². The van der Waals surface area contributed by atoms with E-state index in [-0.39, 0.29) is 0 Å². The number of hydrogen-bond donors (Lipinski definition) is 0. The Labute approximate surface area is 93.8 Å². The highest BCUT2D eigenvalue weighted by molar-refractivity contribution is 8.43. The van der Waals surface area contributed by atoms with E-state index in [2.05, 4.69) is 61.2 Å². The van der Waals surface area contributed by atoms with Crippen LogP contribution in [0.2, 0.25) is 0 Å². The number of hydrogen-bond acceptors (Lipinski definition) is 1. The number of allylic oxidation sites excluding steroid dienone is 1. The van der Waals surface area contributed by atoms with Gasteiger partial charge in [-0.05, 0) is 51.4 Å². The van der Waals surface area contributed by atoms with Crippen molar-refractivity contribution in [3.8, 4) is 0 Å². The summed E-state index contributed by atoms with van der Waals surface area (Å²) in [6.45, 7) is 5.46. The fourth-order valence-corrected chi connectivity index (χ4v) is 7.79. The Hall–Kier alpha value is 0.400. The van der Waals surface area contributed by atoms with E-state index in [1.165, 1.54) is 5.57 Å². The molecule has 0 unspecified atom stereocenters. The standard InChI is InChI=1S/C11H27NS2/c1-11(2)9-10-12(13(3,4)5)14(6,7)8/h9H,10H2,1-8H3. The average molecular weight is 237 g/mol. The van der Waals surface area contributed by atoms with Crippen LogP contribution in [0.3, 0.4) is 0 Å². The molecule has 0 saturated carbocycles. The van der Waals surface area contributed by atoms with Crippen LogP contribution in [0.15, 0.2) is 11.6 Å². The Kier molecular flexibility index (Phi) is 5.09. The van der Waals surface area contributed by atoms with Crippen molar-refractivity contribution >= 4 is 20.4 Å². The van der Waals surface area contributed by atoms with Crippen molar-refractivity contribution < 1.29 is 0 Å². The molecule has 0 aliphatic heterocycles. The highest BCUT2D eigenvalue weighted by atomic mass is 32.3. The van der Waals surface area contributed by atoms with E-state index >= 15 is 0 Å². The van der Waals surface area contributed by atoms with Gasteiger partial charge in [-0.3, -0.25) is 0 Å². The second-order valence-electron chi connectivity index (χ2n) is 5.34. The topological polar surface area (TPSA) is 3.24 Å². The molecular formula is C11H27NS2. The molecule has 0 aliphatic rings. The molecule has 0 aliphatic carbocycles. The predicted molar refractivity (Wildman–Crippen MR) is 76.9 cm³/mol. The van der Waals surface area contributed by atoms with Crippen LogP contribution >= 0.6 is 20.4 Å². The smallest absolute Gasteiger partial charge is 0.0352 e. The average Bonchev–Trinajstić information content (AvgIpc) is 1.78. The van der Waals surface area contributed by atoms with Gasteiger partial charge in [0.15, 0.2) is 0 Å². The molecule has 1 nitrogen and oxygen atoms in total. The predicted octanol–water partition coefficient (Wildman–Crippen LogP) is 3.47. The van der Waals surface area contributed by atoms with Gasteiger partial charge >= 0.3 is 0 Å². The first-order valence-corrected chi connectivity index (χ1v) is 10.5. The second-order valence-corrected chi connectivity index (χ2v) is 13.5. The lowest BCUT2D eigenvalue weighted by atomic mass is 10.3. The Morgan fingerprint density at radius 1 is 0.929 bits per heavy atom. The quantitative estimate of drug-likeness (QED) is 0.677. The zero-order valence-electron chi connectivity index (χ0n) is 11.0. The SMILES string of the molecule is CC(C)=CCN(S(C)(C)C)S(C)(C)C. The van der Waals surface area contributed by atoms with Crippen molar-refractivity contribution in [2.45, 2.75) is 13.8 Å². The first-order valence-electron chi connectivity index (χ1n) is 4.83. The molecule has 0 bridgehead atoms. The molecule has 0 radical (unpaired) electrons. The molecule has 0 amide bonds. The van der Waals surface area contributed by atoms with Gasteiger partial charge in [-0.1, -0.05) is 11.6 Å². The highest BCUT2D eigenvalue weighted by Gasteiger charge is 2.23. The lowest BCUT2D eigenvalue weighted by Crippen LogP contribution is -2.28. The van der Waals surface area contributed by atoms with E-state index in [9.17, 15) is 0 Å². The van der Waals surface area contributed by atoms with Crippen molar-refractivity contribution in [1.82, 2.24) is 3.71 Å². The zero-order chi connectivity index (χ0) is 11.6. The first-order chi connectivity index (χ1) is 6.05. The van der Waals surface area contributed by atoms with Crippen LogP contribution in [-0.4, -0.2) is 47.8 Å². The van der Waals surface area contributed by atoms with Gasteiger partial charge in [0.25, 0.3) is 0 Å². The zero-order valence-corrected chi connectivity index (χ0v) is 12.7. The molecule has 3 heteroatoms. The van der Waals surface area contributed by atoms with Crippen molar-refractivity contribution in [3.05, 3.63) is 11.6 Å². The van der Waals surface area contributed by atoms with Crippen molar-refractivity contribution in [2.75, 3.05) is 44.1 Å². The van der Waals surface area contributed by atoms with E-state index < -0.39 is 20.4 Å². The van der Waals surface area contributed by atoms with Crippen LogP contribution in [-0.2, 0) is 0 Å². The van der Waals surface area contributed by atoms with Gasteiger partial charge in [0.1, 0.15) is 0 Å². The molecule has 0 aromatic rings. The normalized spacial score (nSPS) is 15.5. The molecule has 0 aromatic carbocycles. The third-order valence-corrected chi connectivity index (χ3v) is 7.30. The maximum absolute atomic E-state index is 2.69. The first kappa shape index (κ1) is 14.4. The fourth-order valence-electron chi connectivity index (χ4n) is 1.38. The summed E-state index contributed by atoms with van der Waals surface area (Å²) < 4.78 is 2.69. The summed E-state index contributed by atoms with van der Waals surface area (Å²) in [5.74, 6) is 0. The third kappa shape index (κ3) is 5.32. The summed E-state index contributed by atoms with van der Waals surface area (Å²) in [7, 11) is -1.19. The Bertz CT molecular complexity index is 190. The molecular weight excluding hydrogens is 210 g/mol. The van der Waals surface area contributed by atoms with Gasteiger partial charge in [0.05, 0.1) is 0 Å².